The fourth-order valence-corrected chi connectivity index (χ4v) is 1.97. The van der Waals surface area contributed by atoms with Gasteiger partial charge >= 0.3 is 0 Å². The lowest BCUT2D eigenvalue weighted by molar-refractivity contribution is -0.121. The molecule has 0 aliphatic carbocycles. The number of nitrogens with zero attached hydrogens (tertiary/aromatic N) is 2. The van der Waals surface area contributed by atoms with Gasteiger partial charge in [-0.2, -0.15) is 5.10 Å². The summed E-state index contributed by atoms with van der Waals surface area (Å²) in [6.45, 7) is 1.09. The number of carbonyl (C=O) groups excluding carboxylic acids is 1. The Morgan fingerprint density at radius 1 is 1.25 bits per heavy atom. The molecule has 0 aliphatic rings. The van der Waals surface area contributed by atoms with E-state index in [1.165, 1.54) is 0 Å². The topological polar surface area (TPSA) is 72.9 Å². The van der Waals surface area contributed by atoms with E-state index in [4.69, 9.17) is 5.73 Å². The predicted molar refractivity (Wildman–Crippen MR) is 77.7 cm³/mol. The molecule has 0 atom stereocenters. The standard InChI is InChI=1S/C15H20N4O/c1-19-14(8-9-18-19)6-7-15(20)17-11-13-4-2-12(10-16)3-5-13/h2-5,8-9H,6-7,10-11,16H2,1H3,(H,17,20). The number of benzene rings is 1. The number of nitrogens with two attached hydrogens (primary N) is 1. The summed E-state index contributed by atoms with van der Waals surface area (Å²) in [5.41, 5.74) is 8.78. The number of nitrogens with one attached hydrogen (secondary N) is 1. The van der Waals surface area contributed by atoms with Crippen molar-refractivity contribution in [2.24, 2.45) is 12.8 Å². The summed E-state index contributed by atoms with van der Waals surface area (Å²) in [6, 6.07) is 9.88. The molecule has 2 aromatic rings. The summed E-state index contributed by atoms with van der Waals surface area (Å²) in [5, 5.41) is 7.00. The summed E-state index contributed by atoms with van der Waals surface area (Å²) < 4.78 is 1.79. The van der Waals surface area contributed by atoms with Gasteiger partial charge in [-0.25, -0.2) is 0 Å². The molecule has 5 heteroatoms. The molecule has 5 nitrogen and oxygen atoms in total. The largest absolute Gasteiger partial charge is 0.352 e. The van der Waals surface area contributed by atoms with Crippen LogP contribution in [0.25, 0.3) is 0 Å². The summed E-state index contributed by atoms with van der Waals surface area (Å²) in [5.74, 6) is 0.0501. The SMILES string of the molecule is Cn1nccc1CCC(=O)NCc1ccc(CN)cc1. The minimum Gasteiger partial charge on any atom is -0.352 e. The molecule has 2 rings (SSSR count). The molecule has 1 aromatic carbocycles. The number of rotatable bonds is 6. The van der Waals surface area contributed by atoms with Crippen LogP contribution in [-0.2, 0) is 31.4 Å². The van der Waals surface area contributed by atoms with E-state index in [1.807, 2.05) is 37.4 Å². The van der Waals surface area contributed by atoms with Crippen LogP contribution in [0, 0.1) is 0 Å². The van der Waals surface area contributed by atoms with E-state index < -0.39 is 0 Å². The van der Waals surface area contributed by atoms with Gasteiger partial charge in [-0.05, 0) is 23.6 Å². The monoisotopic (exact) mass is 272 g/mol. The highest BCUT2D eigenvalue weighted by molar-refractivity contribution is 5.76. The van der Waals surface area contributed by atoms with Crippen LogP contribution in [0.5, 0.6) is 0 Å². The first-order chi connectivity index (χ1) is 9.69. The Labute approximate surface area is 118 Å². The van der Waals surface area contributed by atoms with Gasteiger partial charge < -0.3 is 11.1 Å². The van der Waals surface area contributed by atoms with E-state index in [9.17, 15) is 4.79 Å². The maximum Gasteiger partial charge on any atom is 0.220 e. The fraction of sp³-hybridized carbons (Fsp3) is 0.333. The molecule has 0 bridgehead atoms. The minimum atomic E-state index is 0.0501. The van der Waals surface area contributed by atoms with Gasteiger partial charge in [0, 0.05) is 38.4 Å². The average Bonchev–Trinajstić information content (AvgIpc) is 2.89. The van der Waals surface area contributed by atoms with Crippen molar-refractivity contribution in [1.29, 1.82) is 0 Å². The maximum atomic E-state index is 11.8. The quantitative estimate of drug-likeness (QED) is 0.828. The highest BCUT2D eigenvalue weighted by atomic mass is 16.1. The normalized spacial score (nSPS) is 10.5. The van der Waals surface area contributed by atoms with Crippen LogP contribution in [-0.4, -0.2) is 15.7 Å². The fourth-order valence-electron chi connectivity index (χ4n) is 1.97. The van der Waals surface area contributed by atoms with Gasteiger partial charge in [0.05, 0.1) is 0 Å². The molecule has 20 heavy (non-hydrogen) atoms. The number of hydrogen-bond acceptors (Lipinski definition) is 3. The molecule has 0 unspecified atom stereocenters. The van der Waals surface area contributed by atoms with Crippen LogP contribution in [0.1, 0.15) is 23.2 Å². The summed E-state index contributed by atoms with van der Waals surface area (Å²) in [6.07, 6.45) is 2.92. The average molecular weight is 272 g/mol. The number of carbonyl (C=O) groups is 1. The third-order valence-electron chi connectivity index (χ3n) is 3.28. The van der Waals surface area contributed by atoms with Crippen molar-refractivity contribution in [3.8, 4) is 0 Å². The smallest absolute Gasteiger partial charge is 0.220 e. The second kappa shape index (κ2) is 6.86. The molecule has 0 radical (unpaired) electrons. The van der Waals surface area contributed by atoms with Crippen LogP contribution in [0.3, 0.4) is 0 Å². The highest BCUT2D eigenvalue weighted by Crippen LogP contribution is 2.04. The molecule has 0 fully saturated rings. The molecule has 3 N–H and O–H groups in total. The van der Waals surface area contributed by atoms with E-state index in [0.717, 1.165) is 16.8 Å². The molecule has 0 aliphatic heterocycles. The third kappa shape index (κ3) is 3.93. The molecular weight excluding hydrogens is 252 g/mol. The Morgan fingerprint density at radius 3 is 2.55 bits per heavy atom. The van der Waals surface area contributed by atoms with Crippen molar-refractivity contribution in [3.05, 3.63) is 53.3 Å². The van der Waals surface area contributed by atoms with Crippen LogP contribution < -0.4 is 11.1 Å². The van der Waals surface area contributed by atoms with E-state index in [2.05, 4.69) is 10.4 Å². The molecule has 0 spiro atoms. The summed E-state index contributed by atoms with van der Waals surface area (Å²) >= 11 is 0. The first-order valence-corrected chi connectivity index (χ1v) is 6.70. The van der Waals surface area contributed by atoms with Crippen LogP contribution in [0.4, 0.5) is 0 Å². The van der Waals surface area contributed by atoms with E-state index in [1.54, 1.807) is 10.9 Å². The first kappa shape index (κ1) is 14.3. The number of hydrogen-bond donors (Lipinski definition) is 2. The van der Waals surface area contributed by atoms with Gasteiger partial charge in [-0.15, -0.1) is 0 Å². The summed E-state index contributed by atoms with van der Waals surface area (Å²) in [4.78, 5) is 11.8. The van der Waals surface area contributed by atoms with Gasteiger partial charge in [-0.1, -0.05) is 24.3 Å². The van der Waals surface area contributed by atoms with Crippen molar-refractivity contribution in [1.82, 2.24) is 15.1 Å². The minimum absolute atomic E-state index is 0.0501. The molecular formula is C15H20N4O. The highest BCUT2D eigenvalue weighted by Gasteiger charge is 2.04. The number of aryl methyl sites for hydroxylation is 2. The van der Waals surface area contributed by atoms with Crippen LogP contribution in [0.2, 0.25) is 0 Å². The molecule has 1 amide bonds. The molecule has 106 valence electrons. The first-order valence-electron chi connectivity index (χ1n) is 6.70. The lowest BCUT2D eigenvalue weighted by Gasteiger charge is -2.06. The van der Waals surface area contributed by atoms with Crippen molar-refractivity contribution >= 4 is 5.91 Å². The van der Waals surface area contributed by atoms with Gasteiger partial charge in [0.1, 0.15) is 0 Å². The maximum absolute atomic E-state index is 11.8. The second-order valence-electron chi connectivity index (χ2n) is 4.74. The van der Waals surface area contributed by atoms with Gasteiger partial charge in [0.15, 0.2) is 0 Å². The predicted octanol–water partition coefficient (Wildman–Crippen LogP) is 1.13. The Balaban J connectivity index is 1.75. The Kier molecular flexibility index (Phi) is 4.90. The van der Waals surface area contributed by atoms with Gasteiger partial charge in [0.25, 0.3) is 0 Å². The Bertz CT molecular complexity index is 560. The van der Waals surface area contributed by atoms with Crippen molar-refractivity contribution < 1.29 is 4.79 Å². The summed E-state index contributed by atoms with van der Waals surface area (Å²) in [7, 11) is 1.88. The van der Waals surface area contributed by atoms with Crippen LogP contribution in [0.15, 0.2) is 36.5 Å². The lowest BCUT2D eigenvalue weighted by atomic mass is 10.1. The van der Waals surface area contributed by atoms with Crippen molar-refractivity contribution in [3.63, 3.8) is 0 Å². The zero-order valence-corrected chi connectivity index (χ0v) is 11.7. The molecule has 0 saturated carbocycles. The van der Waals surface area contributed by atoms with Crippen molar-refractivity contribution in [2.75, 3.05) is 0 Å². The zero-order chi connectivity index (χ0) is 14.4. The molecule has 1 aromatic heterocycles. The Morgan fingerprint density at radius 2 is 1.95 bits per heavy atom. The van der Waals surface area contributed by atoms with Gasteiger partial charge in [-0.3, -0.25) is 9.48 Å². The molecule has 0 saturated heterocycles. The Hall–Kier alpha value is -2.14. The van der Waals surface area contributed by atoms with Crippen LogP contribution >= 0.6 is 0 Å². The molecule has 1 heterocycles. The number of amides is 1. The van der Waals surface area contributed by atoms with E-state index >= 15 is 0 Å². The second-order valence-corrected chi connectivity index (χ2v) is 4.74. The third-order valence-corrected chi connectivity index (χ3v) is 3.28. The van der Waals surface area contributed by atoms with Crippen molar-refractivity contribution in [2.45, 2.75) is 25.9 Å². The van der Waals surface area contributed by atoms with Gasteiger partial charge in [0.2, 0.25) is 5.91 Å². The number of aromatic nitrogens is 2. The zero-order valence-electron chi connectivity index (χ0n) is 11.7. The van der Waals surface area contributed by atoms with E-state index in [0.29, 0.717) is 25.9 Å². The lowest BCUT2D eigenvalue weighted by Crippen LogP contribution is -2.23. The van der Waals surface area contributed by atoms with E-state index in [-0.39, 0.29) is 5.91 Å².